The number of rotatable bonds is 13. The van der Waals surface area contributed by atoms with Crippen LogP contribution in [0.2, 0.25) is 0 Å². The first-order valence-electron chi connectivity index (χ1n) is 10.0. The van der Waals surface area contributed by atoms with Crippen molar-refractivity contribution >= 4 is 29.9 Å². The number of benzene rings is 1. The van der Waals surface area contributed by atoms with Crippen LogP contribution in [0.15, 0.2) is 29.3 Å². The van der Waals surface area contributed by atoms with E-state index >= 15 is 0 Å². The van der Waals surface area contributed by atoms with Crippen LogP contribution in [-0.2, 0) is 11.3 Å². The molecule has 0 radical (unpaired) electrons. The number of nitrogens with one attached hydrogen (secondary N) is 2. The summed E-state index contributed by atoms with van der Waals surface area (Å²) in [6.45, 7) is 9.20. The van der Waals surface area contributed by atoms with E-state index in [4.69, 9.17) is 9.47 Å². The molecule has 0 aromatic heterocycles. The second-order valence-corrected chi connectivity index (χ2v) is 6.76. The molecule has 0 aliphatic carbocycles. The van der Waals surface area contributed by atoms with Crippen molar-refractivity contribution in [2.45, 2.75) is 58.6 Å². The average Bonchev–Trinajstić information content (AvgIpc) is 2.66. The van der Waals surface area contributed by atoms with Gasteiger partial charge in [-0.3, -0.25) is 0 Å². The first-order chi connectivity index (χ1) is 13.1. The van der Waals surface area contributed by atoms with Crippen molar-refractivity contribution in [3.05, 3.63) is 29.8 Å². The molecule has 1 aromatic carbocycles. The Morgan fingerprint density at radius 3 is 2.21 bits per heavy atom. The molecule has 0 saturated heterocycles. The fourth-order valence-electron chi connectivity index (χ4n) is 2.93. The van der Waals surface area contributed by atoms with Crippen LogP contribution in [0.5, 0.6) is 5.75 Å². The zero-order chi connectivity index (χ0) is 20.0. The van der Waals surface area contributed by atoms with E-state index in [0.717, 1.165) is 49.5 Å². The van der Waals surface area contributed by atoms with Crippen LogP contribution < -0.4 is 15.4 Å². The van der Waals surface area contributed by atoms with Crippen molar-refractivity contribution in [1.29, 1.82) is 0 Å². The quantitative estimate of drug-likeness (QED) is 0.164. The van der Waals surface area contributed by atoms with E-state index in [1.807, 2.05) is 31.2 Å². The molecule has 1 rings (SSSR count). The molecule has 0 aliphatic rings. The molecule has 0 aliphatic heterocycles. The maximum atomic E-state index is 10.8. The number of ether oxygens (including phenoxy) is 2. The summed E-state index contributed by atoms with van der Waals surface area (Å²) in [4.78, 5) is 4.63. The van der Waals surface area contributed by atoms with Gasteiger partial charge in [-0.05, 0) is 37.5 Å². The lowest BCUT2D eigenvalue weighted by atomic mass is 9.93. The normalized spacial score (nSPS) is 11.7. The highest BCUT2D eigenvalue weighted by Crippen LogP contribution is 2.18. The summed E-state index contributed by atoms with van der Waals surface area (Å²) in [5, 5.41) is 17.3. The summed E-state index contributed by atoms with van der Waals surface area (Å²) < 4.78 is 10.6. The van der Waals surface area contributed by atoms with E-state index in [2.05, 4.69) is 29.5 Å². The predicted molar refractivity (Wildman–Crippen MR) is 127 cm³/mol. The number of hydrogen-bond donors (Lipinski definition) is 3. The Morgan fingerprint density at radius 2 is 1.68 bits per heavy atom. The Bertz CT molecular complexity index is 532. The van der Waals surface area contributed by atoms with Crippen molar-refractivity contribution in [1.82, 2.24) is 10.6 Å². The van der Waals surface area contributed by atoms with Crippen LogP contribution >= 0.6 is 24.0 Å². The molecule has 28 heavy (non-hydrogen) atoms. The zero-order valence-electron chi connectivity index (χ0n) is 17.8. The molecular weight excluding hydrogens is 469 g/mol. The van der Waals surface area contributed by atoms with Gasteiger partial charge in [0.15, 0.2) is 5.96 Å². The summed E-state index contributed by atoms with van der Waals surface area (Å²) in [6, 6.07) is 7.92. The molecule has 162 valence electrons. The summed E-state index contributed by atoms with van der Waals surface area (Å²) in [7, 11) is 1.66. The summed E-state index contributed by atoms with van der Waals surface area (Å²) in [5.41, 5.74) is 0.421. The Labute approximate surface area is 187 Å². The first kappa shape index (κ1) is 26.9. The minimum Gasteiger partial charge on any atom is -0.491 e. The van der Waals surface area contributed by atoms with Crippen molar-refractivity contribution in [2.75, 3.05) is 33.4 Å². The fraction of sp³-hybridized carbons (Fsp3) is 0.667. The largest absolute Gasteiger partial charge is 0.491 e. The molecule has 0 heterocycles. The molecule has 7 heteroatoms. The third kappa shape index (κ3) is 11.1. The van der Waals surface area contributed by atoms with Crippen molar-refractivity contribution in [3.63, 3.8) is 0 Å². The van der Waals surface area contributed by atoms with Crippen LogP contribution in [0, 0.1) is 0 Å². The number of methoxy groups -OCH3 is 1. The molecule has 1 aromatic rings. The van der Waals surface area contributed by atoms with E-state index in [1.54, 1.807) is 7.11 Å². The Kier molecular flexibility index (Phi) is 15.2. The maximum absolute atomic E-state index is 10.8. The number of guanidine groups is 1. The maximum Gasteiger partial charge on any atom is 0.191 e. The summed E-state index contributed by atoms with van der Waals surface area (Å²) >= 11 is 0. The van der Waals surface area contributed by atoms with Crippen molar-refractivity contribution in [2.24, 2.45) is 4.99 Å². The first-order valence-corrected chi connectivity index (χ1v) is 10.0. The van der Waals surface area contributed by atoms with E-state index in [1.165, 1.54) is 0 Å². The van der Waals surface area contributed by atoms with Gasteiger partial charge in [0.2, 0.25) is 0 Å². The lowest BCUT2D eigenvalue weighted by Crippen LogP contribution is -2.47. The molecule has 0 bridgehead atoms. The fourth-order valence-corrected chi connectivity index (χ4v) is 2.93. The molecule has 0 fully saturated rings. The Hall–Kier alpha value is -1.06. The smallest absolute Gasteiger partial charge is 0.191 e. The number of hydrogen-bond acceptors (Lipinski definition) is 4. The van der Waals surface area contributed by atoms with Gasteiger partial charge in [0, 0.05) is 20.2 Å². The highest BCUT2D eigenvalue weighted by molar-refractivity contribution is 14.0. The van der Waals surface area contributed by atoms with Gasteiger partial charge >= 0.3 is 0 Å². The van der Waals surface area contributed by atoms with Crippen LogP contribution in [-0.4, -0.2) is 50.1 Å². The summed E-state index contributed by atoms with van der Waals surface area (Å²) in [6.07, 6.45) is 3.50. The van der Waals surface area contributed by atoms with E-state index in [9.17, 15) is 5.11 Å². The third-order valence-corrected chi connectivity index (χ3v) is 4.26. The Balaban J connectivity index is 0.00000729. The lowest BCUT2D eigenvalue weighted by molar-refractivity contribution is 0.0257. The standard InChI is InChI=1S/C21H37N3O3.HI/c1-5-12-21(25,13-6-2)17-24-20(22-7-3)23-16-18-8-10-19(11-9-18)27-15-14-26-4;/h8-11,25H,5-7,12-17H2,1-4H3,(H2,22,23,24);1H. The van der Waals surface area contributed by atoms with Crippen LogP contribution in [0.1, 0.15) is 52.0 Å². The molecule has 6 nitrogen and oxygen atoms in total. The number of aliphatic hydroxyl groups is 1. The predicted octanol–water partition coefficient (Wildman–Crippen LogP) is 3.72. The van der Waals surface area contributed by atoms with Gasteiger partial charge in [-0.15, -0.1) is 24.0 Å². The monoisotopic (exact) mass is 507 g/mol. The van der Waals surface area contributed by atoms with E-state index in [-0.39, 0.29) is 24.0 Å². The number of aliphatic imine (C=N–C) groups is 1. The molecule has 0 amide bonds. The van der Waals surface area contributed by atoms with Gasteiger partial charge in [0.05, 0.1) is 18.8 Å². The molecule has 0 atom stereocenters. The van der Waals surface area contributed by atoms with E-state index in [0.29, 0.717) is 26.3 Å². The van der Waals surface area contributed by atoms with Crippen LogP contribution in [0.3, 0.4) is 0 Å². The van der Waals surface area contributed by atoms with E-state index < -0.39 is 5.60 Å². The molecule has 0 unspecified atom stereocenters. The highest BCUT2D eigenvalue weighted by Gasteiger charge is 2.24. The number of nitrogens with zero attached hydrogens (tertiary/aromatic N) is 1. The minimum atomic E-state index is -0.680. The molecule has 0 spiro atoms. The molecular formula is C21H38IN3O3. The van der Waals surface area contributed by atoms with Gasteiger partial charge in [0.1, 0.15) is 12.4 Å². The Morgan fingerprint density at radius 1 is 1.04 bits per heavy atom. The SMILES string of the molecule is CCCC(O)(CCC)CNC(=NCc1ccc(OCCOC)cc1)NCC.I. The molecule has 0 saturated carbocycles. The lowest BCUT2D eigenvalue weighted by Gasteiger charge is -2.28. The second-order valence-electron chi connectivity index (χ2n) is 6.76. The second kappa shape index (κ2) is 15.8. The van der Waals surface area contributed by atoms with Gasteiger partial charge in [0.25, 0.3) is 0 Å². The summed E-state index contributed by atoms with van der Waals surface area (Å²) in [5.74, 6) is 1.55. The van der Waals surface area contributed by atoms with Gasteiger partial charge in [-0.2, -0.15) is 0 Å². The minimum absolute atomic E-state index is 0. The van der Waals surface area contributed by atoms with Gasteiger partial charge in [-0.25, -0.2) is 4.99 Å². The number of halogens is 1. The topological polar surface area (TPSA) is 75.1 Å². The van der Waals surface area contributed by atoms with Crippen molar-refractivity contribution < 1.29 is 14.6 Å². The van der Waals surface area contributed by atoms with Crippen LogP contribution in [0.25, 0.3) is 0 Å². The van der Waals surface area contributed by atoms with Crippen LogP contribution in [0.4, 0.5) is 0 Å². The third-order valence-electron chi connectivity index (χ3n) is 4.26. The van der Waals surface area contributed by atoms with Gasteiger partial charge in [-0.1, -0.05) is 38.8 Å². The average molecular weight is 507 g/mol. The van der Waals surface area contributed by atoms with Gasteiger partial charge < -0.3 is 25.2 Å². The highest BCUT2D eigenvalue weighted by atomic mass is 127. The van der Waals surface area contributed by atoms with Crippen molar-refractivity contribution in [3.8, 4) is 5.75 Å². The zero-order valence-corrected chi connectivity index (χ0v) is 20.1. The molecule has 3 N–H and O–H groups in total.